The second kappa shape index (κ2) is 6.27. The van der Waals surface area contributed by atoms with Crippen LogP contribution in [-0.4, -0.2) is 15.6 Å². The number of fused-ring (bicyclic) bond motifs is 2. The number of hydrogen-bond donors (Lipinski definition) is 0. The van der Waals surface area contributed by atoms with E-state index in [4.69, 9.17) is 4.99 Å². The molecule has 136 valence electrons. The predicted octanol–water partition coefficient (Wildman–Crippen LogP) is 4.69. The zero-order valence-electron chi connectivity index (χ0n) is 16.2. The lowest BCUT2D eigenvalue weighted by Gasteiger charge is -2.01. The van der Waals surface area contributed by atoms with Gasteiger partial charge in [0.1, 0.15) is 5.69 Å². The van der Waals surface area contributed by atoms with E-state index in [1.165, 1.54) is 22.4 Å². The molecular formula is C24H21N4+. The molecule has 4 aromatic rings. The van der Waals surface area contributed by atoms with Gasteiger partial charge in [0, 0.05) is 24.1 Å². The van der Waals surface area contributed by atoms with E-state index in [0.29, 0.717) is 0 Å². The van der Waals surface area contributed by atoms with Gasteiger partial charge in [-0.25, -0.2) is 0 Å². The molecule has 0 amide bonds. The van der Waals surface area contributed by atoms with Crippen LogP contribution in [0.3, 0.4) is 0 Å². The van der Waals surface area contributed by atoms with Crippen LogP contribution in [-0.2, 0) is 7.05 Å². The zero-order valence-corrected chi connectivity index (χ0v) is 16.2. The van der Waals surface area contributed by atoms with E-state index in [1.54, 1.807) is 0 Å². The third-order valence-electron chi connectivity index (χ3n) is 5.39. The Kier molecular flexibility index (Phi) is 3.72. The molecule has 0 fully saturated rings. The number of allylic oxidation sites excluding steroid dienone is 2. The molecule has 3 heterocycles. The van der Waals surface area contributed by atoms with Gasteiger partial charge >= 0.3 is 5.84 Å². The minimum absolute atomic E-state index is 0.934. The largest absolute Gasteiger partial charge is 0.337 e. The molecule has 0 aliphatic carbocycles. The fraction of sp³-hybridized carbons (Fsp3) is 0.125. The second-order valence-corrected chi connectivity index (χ2v) is 7.17. The van der Waals surface area contributed by atoms with E-state index >= 15 is 0 Å². The summed E-state index contributed by atoms with van der Waals surface area (Å²) in [5.74, 6) is 0.959. The summed E-state index contributed by atoms with van der Waals surface area (Å²) in [6, 6.07) is 23.1. The molecule has 1 aliphatic heterocycles. The monoisotopic (exact) mass is 365 g/mol. The maximum atomic E-state index is 5.09. The molecule has 0 saturated carbocycles. The minimum Gasteiger partial charge on any atom is -0.268 e. The molecule has 2 aromatic heterocycles. The van der Waals surface area contributed by atoms with Crippen molar-refractivity contribution in [1.82, 2.24) is 9.78 Å². The normalized spacial score (nSPS) is 14.9. The fourth-order valence-corrected chi connectivity index (χ4v) is 4.03. The standard InChI is InChI=1S/C24H21N4/c1-16-21-11-7-8-14-28(21)24(23(16)18-9-5-4-6-10-18)25-19-12-13-22-20(15-19)17(2)26-27(22)3/h4-15H,1-3H3/q+1. The van der Waals surface area contributed by atoms with Gasteiger partial charge in [-0.05, 0) is 48.7 Å². The Morgan fingerprint density at radius 1 is 0.929 bits per heavy atom. The first-order chi connectivity index (χ1) is 13.6. The molecule has 28 heavy (non-hydrogen) atoms. The minimum atomic E-state index is 0.934. The highest BCUT2D eigenvalue weighted by molar-refractivity contribution is 6.28. The average Bonchev–Trinajstić information content (AvgIpc) is 3.16. The van der Waals surface area contributed by atoms with E-state index in [0.717, 1.165) is 28.1 Å². The first-order valence-corrected chi connectivity index (χ1v) is 9.43. The first kappa shape index (κ1) is 16.6. The van der Waals surface area contributed by atoms with E-state index in [1.807, 2.05) is 24.7 Å². The summed E-state index contributed by atoms with van der Waals surface area (Å²) in [6.45, 7) is 4.21. The highest BCUT2D eigenvalue weighted by atomic mass is 15.3. The molecule has 1 aliphatic rings. The van der Waals surface area contributed by atoms with Crippen molar-refractivity contribution in [2.45, 2.75) is 13.8 Å². The molecule has 0 radical (unpaired) electrons. The molecule has 0 spiro atoms. The summed E-state index contributed by atoms with van der Waals surface area (Å²) >= 11 is 0. The summed E-state index contributed by atoms with van der Waals surface area (Å²) in [6.07, 6.45) is 2.08. The number of aryl methyl sites for hydroxylation is 2. The van der Waals surface area contributed by atoms with Crippen molar-refractivity contribution in [3.05, 3.63) is 89.9 Å². The smallest absolute Gasteiger partial charge is 0.268 e. The zero-order chi connectivity index (χ0) is 19.3. The van der Waals surface area contributed by atoms with E-state index in [2.05, 4.69) is 83.5 Å². The molecule has 0 N–H and O–H groups in total. The van der Waals surface area contributed by atoms with Gasteiger partial charge in [0.25, 0.3) is 0 Å². The predicted molar refractivity (Wildman–Crippen MR) is 114 cm³/mol. The molecule has 4 nitrogen and oxygen atoms in total. The number of rotatable bonds is 2. The van der Waals surface area contributed by atoms with Gasteiger partial charge in [0.15, 0.2) is 5.69 Å². The van der Waals surface area contributed by atoms with Gasteiger partial charge in [0.05, 0.1) is 23.0 Å². The van der Waals surface area contributed by atoms with Crippen molar-refractivity contribution in [3.63, 3.8) is 0 Å². The Labute approximate surface area is 164 Å². The highest BCUT2D eigenvalue weighted by Crippen LogP contribution is 2.32. The van der Waals surface area contributed by atoms with Crippen molar-refractivity contribution in [3.8, 4) is 0 Å². The van der Waals surface area contributed by atoms with Gasteiger partial charge in [-0.1, -0.05) is 36.4 Å². The van der Waals surface area contributed by atoms with Gasteiger partial charge in [0.2, 0.25) is 0 Å². The van der Waals surface area contributed by atoms with Crippen molar-refractivity contribution >= 4 is 33.6 Å². The van der Waals surface area contributed by atoms with Gasteiger partial charge in [-0.2, -0.15) is 9.67 Å². The third-order valence-corrected chi connectivity index (χ3v) is 5.39. The quantitative estimate of drug-likeness (QED) is 0.475. The molecule has 0 bridgehead atoms. The fourth-order valence-electron chi connectivity index (χ4n) is 4.03. The molecule has 2 aromatic carbocycles. The van der Waals surface area contributed by atoms with Crippen molar-refractivity contribution in [1.29, 1.82) is 0 Å². The van der Waals surface area contributed by atoms with Gasteiger partial charge in [-0.15, -0.1) is 0 Å². The maximum absolute atomic E-state index is 5.09. The SMILES string of the molecule is CC1=C(c2ccccc2)/C(=N\c2ccc3c(c2)c(C)nn3C)[n+]2ccccc21. The molecule has 0 unspecified atom stereocenters. The Bertz CT molecular complexity index is 1280. The summed E-state index contributed by atoms with van der Waals surface area (Å²) in [5, 5.41) is 5.67. The van der Waals surface area contributed by atoms with Gasteiger partial charge < -0.3 is 0 Å². The Morgan fingerprint density at radius 3 is 2.54 bits per heavy atom. The van der Waals surface area contributed by atoms with Crippen molar-refractivity contribution in [2.75, 3.05) is 0 Å². The Balaban J connectivity index is 1.73. The van der Waals surface area contributed by atoms with Crippen LogP contribution in [0.25, 0.3) is 22.0 Å². The number of aromatic nitrogens is 3. The van der Waals surface area contributed by atoms with Crippen LogP contribution in [0.2, 0.25) is 0 Å². The number of benzene rings is 2. The highest BCUT2D eigenvalue weighted by Gasteiger charge is 2.33. The summed E-state index contributed by atoms with van der Waals surface area (Å²) in [4.78, 5) is 5.09. The van der Waals surface area contributed by atoms with Gasteiger partial charge in [-0.3, -0.25) is 4.68 Å². The second-order valence-electron chi connectivity index (χ2n) is 7.17. The van der Waals surface area contributed by atoms with Crippen LogP contribution >= 0.6 is 0 Å². The van der Waals surface area contributed by atoms with Crippen LogP contribution in [0.5, 0.6) is 0 Å². The molecular weight excluding hydrogens is 344 g/mol. The van der Waals surface area contributed by atoms with E-state index in [-0.39, 0.29) is 0 Å². The first-order valence-electron chi connectivity index (χ1n) is 9.43. The van der Waals surface area contributed by atoms with Crippen LogP contribution in [0.1, 0.15) is 23.9 Å². The third kappa shape index (κ3) is 2.49. The van der Waals surface area contributed by atoms with Crippen LogP contribution in [0.15, 0.2) is 77.9 Å². The van der Waals surface area contributed by atoms with Crippen LogP contribution < -0.4 is 4.57 Å². The van der Waals surface area contributed by atoms with Crippen LogP contribution in [0.4, 0.5) is 5.69 Å². The van der Waals surface area contributed by atoms with Crippen molar-refractivity contribution < 1.29 is 4.57 Å². The van der Waals surface area contributed by atoms with E-state index in [9.17, 15) is 0 Å². The molecule has 0 atom stereocenters. The summed E-state index contributed by atoms with van der Waals surface area (Å²) in [5.41, 5.74) is 7.85. The lowest BCUT2D eigenvalue weighted by molar-refractivity contribution is -0.553. The topological polar surface area (TPSA) is 34.1 Å². The Hall–Kier alpha value is -3.53. The number of pyridine rings is 1. The average molecular weight is 365 g/mol. The number of aliphatic imine (C=N–C) groups is 1. The molecule has 5 rings (SSSR count). The summed E-state index contributed by atoms with van der Waals surface area (Å²) in [7, 11) is 1.98. The summed E-state index contributed by atoms with van der Waals surface area (Å²) < 4.78 is 4.10. The van der Waals surface area contributed by atoms with E-state index < -0.39 is 0 Å². The maximum Gasteiger partial charge on any atom is 0.337 e. The molecule has 4 heteroatoms. The lowest BCUT2D eigenvalue weighted by atomic mass is 10.0. The number of hydrogen-bond acceptors (Lipinski definition) is 2. The Morgan fingerprint density at radius 2 is 1.71 bits per heavy atom. The lowest BCUT2D eigenvalue weighted by Crippen LogP contribution is -2.42. The van der Waals surface area contributed by atoms with Crippen LogP contribution in [0, 0.1) is 6.92 Å². The number of nitrogens with zero attached hydrogens (tertiary/aromatic N) is 4. The van der Waals surface area contributed by atoms with Crippen molar-refractivity contribution in [2.24, 2.45) is 12.0 Å². The molecule has 0 saturated heterocycles.